The number of Topliss-reactive ketones (excluding diaryl/α,β-unsaturated/α-hetero) is 1. The summed E-state index contributed by atoms with van der Waals surface area (Å²) in [4.78, 5) is 23.7. The summed E-state index contributed by atoms with van der Waals surface area (Å²) in [6.45, 7) is 0. The van der Waals surface area contributed by atoms with E-state index in [0.717, 1.165) is 12.8 Å². The van der Waals surface area contributed by atoms with Crippen LogP contribution in [0.5, 0.6) is 11.5 Å². The van der Waals surface area contributed by atoms with Gasteiger partial charge in [0, 0.05) is 30.5 Å². The molecule has 0 saturated heterocycles. The number of hydrogen-bond donors (Lipinski definition) is 3. The van der Waals surface area contributed by atoms with Crippen molar-refractivity contribution >= 4 is 17.4 Å². The van der Waals surface area contributed by atoms with E-state index in [1.54, 1.807) is 36.4 Å². The normalized spacial score (nSPS) is 10.4. The van der Waals surface area contributed by atoms with Crippen LogP contribution < -0.4 is 5.32 Å². The lowest BCUT2D eigenvalue weighted by molar-refractivity contribution is -0.118. The first-order valence-corrected chi connectivity index (χ1v) is 8.42. The third-order valence-electron chi connectivity index (χ3n) is 3.89. The van der Waals surface area contributed by atoms with Crippen molar-refractivity contribution in [3.05, 3.63) is 54.1 Å². The highest BCUT2D eigenvalue weighted by Gasteiger charge is 2.08. The van der Waals surface area contributed by atoms with E-state index in [9.17, 15) is 19.8 Å². The zero-order valence-electron chi connectivity index (χ0n) is 14.1. The number of benzene rings is 2. The van der Waals surface area contributed by atoms with E-state index in [1.165, 1.54) is 12.1 Å². The largest absolute Gasteiger partial charge is 0.508 e. The Bertz CT molecular complexity index is 710. The van der Waals surface area contributed by atoms with E-state index in [0.29, 0.717) is 30.5 Å². The Balaban J connectivity index is 1.59. The second-order valence-corrected chi connectivity index (χ2v) is 6.00. The average molecular weight is 341 g/mol. The molecule has 0 aliphatic rings. The molecular formula is C20H23NO4. The van der Waals surface area contributed by atoms with Crippen molar-refractivity contribution in [1.82, 2.24) is 0 Å². The van der Waals surface area contributed by atoms with E-state index in [-0.39, 0.29) is 29.6 Å². The van der Waals surface area contributed by atoms with Crippen molar-refractivity contribution in [3.63, 3.8) is 0 Å². The second kappa shape index (κ2) is 9.47. The number of nitrogens with one attached hydrogen (secondary N) is 1. The molecule has 25 heavy (non-hydrogen) atoms. The molecule has 2 rings (SSSR count). The predicted octanol–water partition coefficient (Wildman–Crippen LogP) is 3.80. The van der Waals surface area contributed by atoms with Gasteiger partial charge >= 0.3 is 0 Å². The SMILES string of the molecule is O=C(CCCCCC(=O)Nc1ccc(O)cc1)Cc1ccccc1O. The van der Waals surface area contributed by atoms with Gasteiger partial charge in [-0.3, -0.25) is 9.59 Å². The molecule has 2 aromatic carbocycles. The quantitative estimate of drug-likeness (QED) is 0.478. The monoisotopic (exact) mass is 341 g/mol. The van der Waals surface area contributed by atoms with Gasteiger partial charge in [-0.1, -0.05) is 24.6 Å². The van der Waals surface area contributed by atoms with Gasteiger partial charge in [0.2, 0.25) is 5.91 Å². The van der Waals surface area contributed by atoms with Crippen LogP contribution in [-0.4, -0.2) is 21.9 Å². The summed E-state index contributed by atoms with van der Waals surface area (Å²) in [5.74, 6) is 0.328. The topological polar surface area (TPSA) is 86.6 Å². The summed E-state index contributed by atoms with van der Waals surface area (Å²) in [5, 5.41) is 21.6. The van der Waals surface area contributed by atoms with Crippen molar-refractivity contribution in [1.29, 1.82) is 0 Å². The van der Waals surface area contributed by atoms with Crippen molar-refractivity contribution in [2.45, 2.75) is 38.5 Å². The fourth-order valence-electron chi connectivity index (χ4n) is 2.51. The van der Waals surface area contributed by atoms with Crippen LogP contribution in [0.4, 0.5) is 5.69 Å². The van der Waals surface area contributed by atoms with Crippen LogP contribution in [0.25, 0.3) is 0 Å². The molecule has 0 saturated carbocycles. The van der Waals surface area contributed by atoms with Crippen LogP contribution in [-0.2, 0) is 16.0 Å². The molecule has 0 radical (unpaired) electrons. The first kappa shape index (κ1) is 18.5. The lowest BCUT2D eigenvalue weighted by atomic mass is 10.0. The molecule has 0 unspecified atom stereocenters. The third kappa shape index (κ3) is 6.67. The molecule has 0 fully saturated rings. The van der Waals surface area contributed by atoms with Gasteiger partial charge in [-0.2, -0.15) is 0 Å². The number of carbonyl (C=O) groups is 2. The van der Waals surface area contributed by atoms with E-state index in [1.807, 2.05) is 0 Å². The summed E-state index contributed by atoms with van der Waals surface area (Å²) in [7, 11) is 0. The Hall–Kier alpha value is -2.82. The van der Waals surface area contributed by atoms with Crippen LogP contribution in [0, 0.1) is 0 Å². The van der Waals surface area contributed by atoms with Gasteiger partial charge in [0.05, 0.1) is 0 Å². The molecule has 3 N–H and O–H groups in total. The maximum Gasteiger partial charge on any atom is 0.224 e. The number of phenolic OH excluding ortho intramolecular Hbond substituents is 2. The Morgan fingerprint density at radius 3 is 2.24 bits per heavy atom. The van der Waals surface area contributed by atoms with Gasteiger partial charge < -0.3 is 15.5 Å². The van der Waals surface area contributed by atoms with Crippen LogP contribution in [0.3, 0.4) is 0 Å². The fraction of sp³-hybridized carbons (Fsp3) is 0.300. The number of ketones is 1. The van der Waals surface area contributed by atoms with E-state index in [4.69, 9.17) is 0 Å². The molecule has 2 aromatic rings. The molecule has 1 amide bonds. The lowest BCUT2D eigenvalue weighted by Gasteiger charge is -2.06. The molecule has 0 bridgehead atoms. The Morgan fingerprint density at radius 1 is 0.840 bits per heavy atom. The lowest BCUT2D eigenvalue weighted by Crippen LogP contribution is -2.11. The van der Waals surface area contributed by atoms with Gasteiger partial charge in [-0.15, -0.1) is 0 Å². The van der Waals surface area contributed by atoms with Crippen molar-refractivity contribution in [2.24, 2.45) is 0 Å². The van der Waals surface area contributed by atoms with E-state index >= 15 is 0 Å². The van der Waals surface area contributed by atoms with Gasteiger partial charge in [0.15, 0.2) is 0 Å². The number of carbonyl (C=O) groups excluding carboxylic acids is 2. The number of hydrogen-bond acceptors (Lipinski definition) is 4. The molecule has 0 heterocycles. The standard InChI is InChI=1S/C20H23NO4/c22-17-12-10-16(11-13-17)21-20(25)9-3-1-2-7-18(23)14-15-6-4-5-8-19(15)24/h4-6,8,10-13,22,24H,1-3,7,9,14H2,(H,21,25). The number of anilines is 1. The number of unbranched alkanes of at least 4 members (excludes halogenated alkanes) is 2. The van der Waals surface area contributed by atoms with Gasteiger partial charge in [0.1, 0.15) is 17.3 Å². The van der Waals surface area contributed by atoms with Crippen molar-refractivity contribution in [2.75, 3.05) is 5.32 Å². The maximum absolute atomic E-state index is 11.9. The second-order valence-electron chi connectivity index (χ2n) is 6.00. The smallest absolute Gasteiger partial charge is 0.224 e. The first-order chi connectivity index (χ1) is 12.0. The number of aromatic hydroxyl groups is 2. The maximum atomic E-state index is 11.9. The predicted molar refractivity (Wildman–Crippen MR) is 96.6 cm³/mol. The van der Waals surface area contributed by atoms with Crippen LogP contribution >= 0.6 is 0 Å². The number of rotatable bonds is 9. The van der Waals surface area contributed by atoms with Crippen LogP contribution in [0.2, 0.25) is 0 Å². The molecular weight excluding hydrogens is 318 g/mol. The summed E-state index contributed by atoms with van der Waals surface area (Å²) in [5.41, 5.74) is 1.31. The van der Waals surface area contributed by atoms with Gasteiger partial charge in [-0.25, -0.2) is 0 Å². The average Bonchev–Trinajstić information content (AvgIpc) is 2.59. The summed E-state index contributed by atoms with van der Waals surface area (Å²) < 4.78 is 0. The summed E-state index contributed by atoms with van der Waals surface area (Å²) >= 11 is 0. The Kier molecular flexibility index (Phi) is 7.01. The van der Waals surface area contributed by atoms with E-state index in [2.05, 4.69) is 5.32 Å². The van der Waals surface area contributed by atoms with Crippen LogP contribution in [0.1, 0.15) is 37.7 Å². The van der Waals surface area contributed by atoms with Gasteiger partial charge in [-0.05, 0) is 43.2 Å². The molecule has 0 atom stereocenters. The minimum Gasteiger partial charge on any atom is -0.508 e. The number of amides is 1. The first-order valence-electron chi connectivity index (χ1n) is 8.42. The highest BCUT2D eigenvalue weighted by molar-refractivity contribution is 5.90. The molecule has 132 valence electrons. The zero-order chi connectivity index (χ0) is 18.1. The minimum absolute atomic E-state index is 0.0776. The zero-order valence-corrected chi connectivity index (χ0v) is 14.1. The minimum atomic E-state index is -0.0776. The Labute approximate surface area is 147 Å². The Morgan fingerprint density at radius 2 is 1.52 bits per heavy atom. The third-order valence-corrected chi connectivity index (χ3v) is 3.89. The fourth-order valence-corrected chi connectivity index (χ4v) is 2.51. The van der Waals surface area contributed by atoms with E-state index < -0.39 is 0 Å². The molecule has 5 nitrogen and oxygen atoms in total. The number of para-hydroxylation sites is 1. The molecule has 0 spiro atoms. The van der Waals surface area contributed by atoms with Crippen molar-refractivity contribution < 1.29 is 19.8 Å². The summed E-state index contributed by atoms with van der Waals surface area (Å²) in [6, 6.07) is 13.2. The van der Waals surface area contributed by atoms with Crippen LogP contribution in [0.15, 0.2) is 48.5 Å². The summed E-state index contributed by atoms with van der Waals surface area (Å²) in [6.07, 6.45) is 3.35. The highest BCUT2D eigenvalue weighted by Crippen LogP contribution is 2.18. The molecule has 0 aliphatic carbocycles. The number of phenols is 2. The van der Waals surface area contributed by atoms with Gasteiger partial charge in [0.25, 0.3) is 0 Å². The highest BCUT2D eigenvalue weighted by atomic mass is 16.3. The van der Waals surface area contributed by atoms with Crippen molar-refractivity contribution in [3.8, 4) is 11.5 Å². The molecule has 0 aliphatic heterocycles. The molecule has 5 heteroatoms. The molecule has 0 aromatic heterocycles.